The molecular formula is C23H19FN2O4. The van der Waals surface area contributed by atoms with Gasteiger partial charge in [0.15, 0.2) is 0 Å². The summed E-state index contributed by atoms with van der Waals surface area (Å²) in [4.78, 5) is 35.9. The van der Waals surface area contributed by atoms with E-state index in [1.807, 2.05) is 18.2 Å². The summed E-state index contributed by atoms with van der Waals surface area (Å²) in [7, 11) is 0. The average molecular weight is 406 g/mol. The minimum atomic E-state index is -0.696. The molecule has 0 aliphatic carbocycles. The van der Waals surface area contributed by atoms with Crippen LogP contribution in [0.25, 0.3) is 0 Å². The second kappa shape index (κ2) is 9.97. The van der Waals surface area contributed by atoms with Crippen LogP contribution in [0.5, 0.6) is 0 Å². The second-order valence-electron chi connectivity index (χ2n) is 6.34. The van der Waals surface area contributed by atoms with E-state index in [1.54, 1.807) is 36.4 Å². The Labute approximate surface area is 172 Å². The van der Waals surface area contributed by atoms with Crippen LogP contribution in [0.15, 0.2) is 78.9 Å². The molecule has 6 nitrogen and oxygen atoms in total. The molecule has 0 atom stereocenters. The van der Waals surface area contributed by atoms with Gasteiger partial charge < -0.3 is 15.4 Å². The lowest BCUT2D eigenvalue weighted by atomic mass is 10.1. The number of rotatable bonds is 7. The fourth-order valence-corrected chi connectivity index (χ4v) is 2.58. The standard InChI is InChI=1S/C23H19FN2O4/c24-20-9-5-4-8-19(20)23(29)25-14-21(27)30-15-16-10-12-17(13-11-16)22(28)26-18-6-2-1-3-7-18/h1-13H,14-15H2,(H,25,29)(H,26,28). The number of hydrogen-bond acceptors (Lipinski definition) is 4. The lowest BCUT2D eigenvalue weighted by Gasteiger charge is -2.08. The molecule has 0 heterocycles. The van der Waals surface area contributed by atoms with Crippen LogP contribution in [-0.2, 0) is 16.1 Å². The molecule has 3 rings (SSSR count). The van der Waals surface area contributed by atoms with Gasteiger partial charge in [0.25, 0.3) is 11.8 Å². The number of nitrogens with one attached hydrogen (secondary N) is 2. The highest BCUT2D eigenvalue weighted by Gasteiger charge is 2.13. The number of halogens is 1. The second-order valence-corrected chi connectivity index (χ2v) is 6.34. The molecule has 3 aromatic rings. The lowest BCUT2D eigenvalue weighted by Crippen LogP contribution is -2.31. The van der Waals surface area contributed by atoms with Gasteiger partial charge in [-0.25, -0.2) is 4.39 Å². The average Bonchev–Trinajstić information content (AvgIpc) is 2.77. The zero-order valence-electron chi connectivity index (χ0n) is 15.9. The number of hydrogen-bond donors (Lipinski definition) is 2. The van der Waals surface area contributed by atoms with E-state index in [-0.39, 0.29) is 24.6 Å². The third-order valence-electron chi connectivity index (χ3n) is 4.16. The fourth-order valence-electron chi connectivity index (χ4n) is 2.58. The van der Waals surface area contributed by atoms with E-state index in [2.05, 4.69) is 10.6 Å². The van der Waals surface area contributed by atoms with Gasteiger partial charge in [-0.2, -0.15) is 0 Å². The molecule has 2 N–H and O–H groups in total. The number of amides is 2. The molecule has 2 amide bonds. The highest BCUT2D eigenvalue weighted by atomic mass is 19.1. The summed E-state index contributed by atoms with van der Waals surface area (Å²) in [5.74, 6) is -2.27. The van der Waals surface area contributed by atoms with E-state index in [1.165, 1.54) is 18.2 Å². The van der Waals surface area contributed by atoms with Gasteiger partial charge in [0.2, 0.25) is 0 Å². The number of esters is 1. The number of benzene rings is 3. The Morgan fingerprint density at radius 1 is 0.800 bits per heavy atom. The summed E-state index contributed by atoms with van der Waals surface area (Å²) in [6, 6.07) is 21.2. The summed E-state index contributed by atoms with van der Waals surface area (Å²) in [5.41, 5.74) is 1.69. The smallest absolute Gasteiger partial charge is 0.325 e. The quantitative estimate of drug-likeness (QED) is 0.588. The summed E-state index contributed by atoms with van der Waals surface area (Å²) < 4.78 is 18.6. The fraction of sp³-hybridized carbons (Fsp3) is 0.0870. The van der Waals surface area contributed by atoms with Gasteiger partial charge in [-0.05, 0) is 42.0 Å². The maximum absolute atomic E-state index is 13.5. The molecule has 3 aromatic carbocycles. The first-order chi connectivity index (χ1) is 14.5. The van der Waals surface area contributed by atoms with Crippen molar-refractivity contribution in [3.63, 3.8) is 0 Å². The monoisotopic (exact) mass is 406 g/mol. The Balaban J connectivity index is 1.45. The highest BCUT2D eigenvalue weighted by molar-refractivity contribution is 6.04. The molecule has 0 unspecified atom stereocenters. The molecule has 0 saturated heterocycles. The zero-order valence-corrected chi connectivity index (χ0v) is 15.9. The predicted octanol–water partition coefficient (Wildman–Crippen LogP) is 3.55. The molecule has 0 aromatic heterocycles. The normalized spacial score (nSPS) is 10.2. The van der Waals surface area contributed by atoms with E-state index < -0.39 is 17.7 Å². The van der Waals surface area contributed by atoms with Gasteiger partial charge in [0, 0.05) is 11.3 Å². The number of carbonyl (C=O) groups excluding carboxylic acids is 3. The molecular weight excluding hydrogens is 387 g/mol. The number of ether oxygens (including phenoxy) is 1. The van der Waals surface area contributed by atoms with Crippen molar-refractivity contribution >= 4 is 23.5 Å². The Morgan fingerprint density at radius 2 is 1.47 bits per heavy atom. The van der Waals surface area contributed by atoms with Gasteiger partial charge in [-0.3, -0.25) is 14.4 Å². The van der Waals surface area contributed by atoms with Crippen molar-refractivity contribution in [2.45, 2.75) is 6.61 Å². The van der Waals surface area contributed by atoms with Crippen molar-refractivity contribution in [1.29, 1.82) is 0 Å². The number of anilines is 1. The highest BCUT2D eigenvalue weighted by Crippen LogP contribution is 2.11. The van der Waals surface area contributed by atoms with Gasteiger partial charge >= 0.3 is 5.97 Å². The summed E-state index contributed by atoms with van der Waals surface area (Å²) in [5, 5.41) is 5.10. The Morgan fingerprint density at radius 3 is 2.17 bits per heavy atom. The Bertz CT molecular complexity index is 1040. The van der Waals surface area contributed by atoms with E-state index >= 15 is 0 Å². The van der Waals surface area contributed by atoms with E-state index in [9.17, 15) is 18.8 Å². The molecule has 152 valence electrons. The molecule has 30 heavy (non-hydrogen) atoms. The van der Waals surface area contributed by atoms with E-state index in [0.29, 0.717) is 16.8 Å². The van der Waals surface area contributed by atoms with Crippen LogP contribution >= 0.6 is 0 Å². The van der Waals surface area contributed by atoms with Crippen molar-refractivity contribution in [1.82, 2.24) is 5.32 Å². The van der Waals surface area contributed by atoms with Crippen LogP contribution in [0.4, 0.5) is 10.1 Å². The van der Waals surface area contributed by atoms with Crippen molar-refractivity contribution < 1.29 is 23.5 Å². The molecule has 0 radical (unpaired) electrons. The van der Waals surface area contributed by atoms with Crippen molar-refractivity contribution in [2.75, 3.05) is 11.9 Å². The molecule has 0 spiro atoms. The molecule has 0 fully saturated rings. The summed E-state index contributed by atoms with van der Waals surface area (Å²) in [6.45, 7) is -0.403. The van der Waals surface area contributed by atoms with E-state index in [4.69, 9.17) is 4.74 Å². The number of carbonyl (C=O) groups is 3. The van der Waals surface area contributed by atoms with E-state index in [0.717, 1.165) is 6.07 Å². The van der Waals surface area contributed by atoms with Gasteiger partial charge in [0.1, 0.15) is 19.0 Å². The van der Waals surface area contributed by atoms with Crippen molar-refractivity contribution in [3.8, 4) is 0 Å². The summed E-state index contributed by atoms with van der Waals surface area (Å²) >= 11 is 0. The summed E-state index contributed by atoms with van der Waals surface area (Å²) in [6.07, 6.45) is 0. The van der Waals surface area contributed by atoms with Crippen molar-refractivity contribution in [2.24, 2.45) is 0 Å². The van der Waals surface area contributed by atoms with Crippen LogP contribution in [0, 0.1) is 5.82 Å². The van der Waals surface area contributed by atoms with Crippen LogP contribution in [0.2, 0.25) is 0 Å². The van der Waals surface area contributed by atoms with Gasteiger partial charge in [-0.1, -0.05) is 42.5 Å². The molecule has 0 aliphatic rings. The Kier molecular flexibility index (Phi) is 6.89. The van der Waals surface area contributed by atoms with Crippen LogP contribution < -0.4 is 10.6 Å². The third-order valence-corrected chi connectivity index (χ3v) is 4.16. The topological polar surface area (TPSA) is 84.5 Å². The van der Waals surface area contributed by atoms with Crippen LogP contribution in [0.3, 0.4) is 0 Å². The first-order valence-electron chi connectivity index (χ1n) is 9.16. The largest absolute Gasteiger partial charge is 0.460 e. The number of para-hydroxylation sites is 1. The molecule has 7 heteroatoms. The molecule has 0 aliphatic heterocycles. The van der Waals surface area contributed by atoms with Gasteiger partial charge in [0.05, 0.1) is 5.56 Å². The first-order valence-corrected chi connectivity index (χ1v) is 9.16. The minimum Gasteiger partial charge on any atom is -0.460 e. The first kappa shape index (κ1) is 20.7. The molecule has 0 saturated carbocycles. The third kappa shape index (κ3) is 5.75. The Hall–Kier alpha value is -4.00. The maximum Gasteiger partial charge on any atom is 0.325 e. The van der Waals surface area contributed by atoms with Crippen LogP contribution in [-0.4, -0.2) is 24.3 Å². The molecule has 0 bridgehead atoms. The van der Waals surface area contributed by atoms with Gasteiger partial charge in [-0.15, -0.1) is 0 Å². The van der Waals surface area contributed by atoms with Crippen molar-refractivity contribution in [3.05, 3.63) is 101 Å². The lowest BCUT2D eigenvalue weighted by molar-refractivity contribution is -0.143. The minimum absolute atomic E-state index is 0.0189. The van der Waals surface area contributed by atoms with Crippen LogP contribution in [0.1, 0.15) is 26.3 Å². The predicted molar refractivity (Wildman–Crippen MR) is 109 cm³/mol. The zero-order chi connectivity index (χ0) is 21.3. The SMILES string of the molecule is O=C(CNC(=O)c1ccccc1F)OCc1ccc(C(=O)Nc2ccccc2)cc1. The maximum atomic E-state index is 13.5.